The van der Waals surface area contributed by atoms with Crippen molar-refractivity contribution in [3.05, 3.63) is 35.1 Å². The molecule has 0 aliphatic heterocycles. The van der Waals surface area contributed by atoms with Crippen LogP contribution < -0.4 is 0 Å². The summed E-state index contributed by atoms with van der Waals surface area (Å²) < 4.78 is 13.4. The van der Waals surface area contributed by atoms with Crippen molar-refractivity contribution in [1.29, 1.82) is 0 Å². The van der Waals surface area contributed by atoms with E-state index in [2.05, 4.69) is 6.92 Å². The SMILES string of the molecule is Cc1cc(F)cc(C2(O)CCCC(C)CC2)c1. The second-order valence-corrected chi connectivity index (χ2v) is 5.58. The largest absolute Gasteiger partial charge is 0.385 e. The van der Waals surface area contributed by atoms with E-state index >= 15 is 0 Å². The van der Waals surface area contributed by atoms with E-state index in [1.165, 1.54) is 12.1 Å². The van der Waals surface area contributed by atoms with Crippen molar-refractivity contribution in [2.45, 2.75) is 51.6 Å². The van der Waals surface area contributed by atoms with Gasteiger partial charge in [-0.2, -0.15) is 0 Å². The standard InChI is InChI=1S/C15H21FO/c1-11-4-3-6-15(17,7-5-11)13-8-12(2)9-14(16)10-13/h8-11,17H,3-7H2,1-2H3. The van der Waals surface area contributed by atoms with E-state index in [0.29, 0.717) is 5.92 Å². The molecule has 1 N–H and O–H groups in total. The van der Waals surface area contributed by atoms with Crippen molar-refractivity contribution in [3.63, 3.8) is 0 Å². The summed E-state index contributed by atoms with van der Waals surface area (Å²) in [5, 5.41) is 10.7. The van der Waals surface area contributed by atoms with Crippen LogP contribution in [0, 0.1) is 18.7 Å². The number of aliphatic hydroxyl groups is 1. The molecule has 1 fully saturated rings. The number of aryl methyl sites for hydroxylation is 1. The van der Waals surface area contributed by atoms with Crippen LogP contribution in [-0.4, -0.2) is 5.11 Å². The first-order valence-electron chi connectivity index (χ1n) is 6.50. The molecular formula is C15H21FO. The van der Waals surface area contributed by atoms with Crippen LogP contribution in [0.25, 0.3) is 0 Å². The van der Waals surface area contributed by atoms with Crippen molar-refractivity contribution in [3.8, 4) is 0 Å². The van der Waals surface area contributed by atoms with Gasteiger partial charge in [0.05, 0.1) is 5.60 Å². The maximum absolute atomic E-state index is 13.4. The number of hydrogen-bond donors (Lipinski definition) is 1. The van der Waals surface area contributed by atoms with Crippen LogP contribution in [0.5, 0.6) is 0 Å². The van der Waals surface area contributed by atoms with E-state index in [4.69, 9.17) is 0 Å². The van der Waals surface area contributed by atoms with Gasteiger partial charge in [-0.1, -0.05) is 19.4 Å². The van der Waals surface area contributed by atoms with Crippen LogP contribution in [0.1, 0.15) is 50.2 Å². The zero-order valence-corrected chi connectivity index (χ0v) is 10.7. The highest BCUT2D eigenvalue weighted by atomic mass is 19.1. The van der Waals surface area contributed by atoms with E-state index in [1.807, 2.05) is 13.0 Å². The van der Waals surface area contributed by atoms with Crippen LogP contribution in [0.3, 0.4) is 0 Å². The maximum atomic E-state index is 13.4. The highest BCUT2D eigenvalue weighted by Gasteiger charge is 2.32. The van der Waals surface area contributed by atoms with Crippen molar-refractivity contribution in [2.75, 3.05) is 0 Å². The smallest absolute Gasteiger partial charge is 0.123 e. The first kappa shape index (κ1) is 12.6. The highest BCUT2D eigenvalue weighted by molar-refractivity contribution is 5.28. The van der Waals surface area contributed by atoms with Crippen LogP contribution in [-0.2, 0) is 5.60 Å². The van der Waals surface area contributed by atoms with Crippen LogP contribution >= 0.6 is 0 Å². The molecule has 17 heavy (non-hydrogen) atoms. The van der Waals surface area contributed by atoms with Crippen molar-refractivity contribution >= 4 is 0 Å². The Morgan fingerprint density at radius 2 is 2.00 bits per heavy atom. The molecular weight excluding hydrogens is 215 g/mol. The molecule has 1 nitrogen and oxygen atoms in total. The molecule has 0 amide bonds. The Morgan fingerprint density at radius 1 is 1.24 bits per heavy atom. The molecule has 2 atom stereocenters. The maximum Gasteiger partial charge on any atom is 0.123 e. The molecule has 0 spiro atoms. The van der Waals surface area contributed by atoms with Gasteiger partial charge < -0.3 is 5.11 Å². The molecule has 0 saturated heterocycles. The molecule has 0 heterocycles. The zero-order valence-electron chi connectivity index (χ0n) is 10.7. The van der Waals surface area contributed by atoms with Gasteiger partial charge in [-0.15, -0.1) is 0 Å². The minimum absolute atomic E-state index is 0.245. The third-order valence-corrected chi connectivity index (χ3v) is 3.92. The molecule has 0 bridgehead atoms. The molecule has 1 aromatic carbocycles. The number of rotatable bonds is 1. The second kappa shape index (κ2) is 4.77. The van der Waals surface area contributed by atoms with Crippen molar-refractivity contribution < 1.29 is 9.50 Å². The fraction of sp³-hybridized carbons (Fsp3) is 0.600. The molecule has 0 radical (unpaired) electrons. The van der Waals surface area contributed by atoms with Crippen molar-refractivity contribution in [1.82, 2.24) is 0 Å². The molecule has 1 aromatic rings. The third kappa shape index (κ3) is 2.86. The normalized spacial score (nSPS) is 30.0. The van der Waals surface area contributed by atoms with Crippen LogP contribution in [0.4, 0.5) is 4.39 Å². The Kier molecular flexibility index (Phi) is 3.53. The molecule has 2 rings (SSSR count). The van der Waals surface area contributed by atoms with Gasteiger partial charge in [-0.25, -0.2) is 4.39 Å². The molecule has 1 saturated carbocycles. The molecule has 0 aromatic heterocycles. The Labute approximate surface area is 103 Å². The van der Waals surface area contributed by atoms with Gasteiger partial charge in [0.15, 0.2) is 0 Å². The average Bonchev–Trinajstić information content (AvgIpc) is 2.41. The predicted molar refractivity (Wildman–Crippen MR) is 67.3 cm³/mol. The fourth-order valence-electron chi connectivity index (χ4n) is 2.79. The van der Waals surface area contributed by atoms with Crippen LogP contribution in [0.2, 0.25) is 0 Å². The number of halogens is 1. The Hall–Kier alpha value is -0.890. The highest BCUT2D eigenvalue weighted by Crippen LogP contribution is 2.38. The summed E-state index contributed by atoms with van der Waals surface area (Å²) in [6.07, 6.45) is 4.70. The van der Waals surface area contributed by atoms with Gasteiger partial charge in [-0.05, 0) is 61.8 Å². The van der Waals surface area contributed by atoms with Gasteiger partial charge in [-0.3, -0.25) is 0 Å². The minimum Gasteiger partial charge on any atom is -0.385 e. The average molecular weight is 236 g/mol. The summed E-state index contributed by atoms with van der Waals surface area (Å²) in [5.74, 6) is 0.421. The number of benzene rings is 1. The van der Waals surface area contributed by atoms with Gasteiger partial charge in [0.1, 0.15) is 5.82 Å². The van der Waals surface area contributed by atoms with E-state index in [-0.39, 0.29) is 5.82 Å². The summed E-state index contributed by atoms with van der Waals surface area (Å²) in [6.45, 7) is 4.10. The molecule has 94 valence electrons. The summed E-state index contributed by atoms with van der Waals surface area (Å²) >= 11 is 0. The predicted octanol–water partition coefficient (Wildman–Crippen LogP) is 3.92. The first-order chi connectivity index (χ1) is 7.99. The Bertz CT molecular complexity index is 382. The van der Waals surface area contributed by atoms with Crippen molar-refractivity contribution in [2.24, 2.45) is 5.92 Å². The zero-order chi connectivity index (χ0) is 12.5. The van der Waals surface area contributed by atoms with E-state index in [9.17, 15) is 9.50 Å². The topological polar surface area (TPSA) is 20.2 Å². The van der Waals surface area contributed by atoms with Gasteiger partial charge in [0.2, 0.25) is 0 Å². The van der Waals surface area contributed by atoms with E-state index < -0.39 is 5.60 Å². The van der Waals surface area contributed by atoms with E-state index in [0.717, 1.165) is 43.2 Å². The fourth-order valence-corrected chi connectivity index (χ4v) is 2.79. The lowest BCUT2D eigenvalue weighted by atomic mass is 9.85. The van der Waals surface area contributed by atoms with E-state index in [1.54, 1.807) is 0 Å². The second-order valence-electron chi connectivity index (χ2n) is 5.58. The summed E-state index contributed by atoms with van der Waals surface area (Å²) in [4.78, 5) is 0. The molecule has 1 aliphatic carbocycles. The summed E-state index contributed by atoms with van der Waals surface area (Å²) in [7, 11) is 0. The monoisotopic (exact) mass is 236 g/mol. The molecule has 1 aliphatic rings. The van der Waals surface area contributed by atoms with Gasteiger partial charge >= 0.3 is 0 Å². The lowest BCUT2D eigenvalue weighted by Gasteiger charge is -2.27. The molecule has 2 unspecified atom stereocenters. The Balaban J connectivity index is 2.29. The first-order valence-corrected chi connectivity index (χ1v) is 6.50. The quantitative estimate of drug-likeness (QED) is 0.733. The molecule has 2 heteroatoms. The van der Waals surface area contributed by atoms with Gasteiger partial charge in [0.25, 0.3) is 0 Å². The summed E-state index contributed by atoms with van der Waals surface area (Å²) in [5.41, 5.74) is 0.812. The number of hydrogen-bond acceptors (Lipinski definition) is 1. The lowest BCUT2D eigenvalue weighted by Crippen LogP contribution is -2.25. The lowest BCUT2D eigenvalue weighted by molar-refractivity contribution is 0.0195. The van der Waals surface area contributed by atoms with Crippen LogP contribution in [0.15, 0.2) is 18.2 Å². The Morgan fingerprint density at radius 3 is 2.71 bits per heavy atom. The van der Waals surface area contributed by atoms with Gasteiger partial charge in [0, 0.05) is 0 Å². The summed E-state index contributed by atoms with van der Waals surface area (Å²) in [6, 6.07) is 4.91. The third-order valence-electron chi connectivity index (χ3n) is 3.92. The minimum atomic E-state index is -0.822.